The second-order valence-corrected chi connectivity index (χ2v) is 5.50. The molecule has 0 N–H and O–H groups in total. The molecule has 0 atom stereocenters. The smallest absolute Gasteiger partial charge is 0.119 e. The fourth-order valence-electron chi connectivity index (χ4n) is 1.37. The lowest BCUT2D eigenvalue weighted by molar-refractivity contribution is 0.413. The van der Waals surface area contributed by atoms with E-state index >= 15 is 0 Å². The monoisotopic (exact) mass is 309 g/mol. The lowest BCUT2D eigenvalue weighted by atomic mass is 10.3. The van der Waals surface area contributed by atoms with Gasteiger partial charge < -0.3 is 4.74 Å². The molecule has 88 valence electrons. The predicted molar refractivity (Wildman–Crippen MR) is 73.8 cm³/mol. The minimum atomic E-state index is 0.859. The van der Waals surface area contributed by atoms with Gasteiger partial charge >= 0.3 is 0 Å². The van der Waals surface area contributed by atoms with Crippen LogP contribution in [0.4, 0.5) is 0 Å². The number of rotatable bonds is 3. The number of pyridine rings is 1. The first kappa shape index (κ1) is 12.5. The van der Waals surface area contributed by atoms with Crippen molar-refractivity contribution in [2.24, 2.45) is 0 Å². The number of methoxy groups -OCH3 is 1. The van der Waals surface area contributed by atoms with E-state index in [9.17, 15) is 0 Å². The largest absolute Gasteiger partial charge is 0.497 e. The van der Waals surface area contributed by atoms with Gasteiger partial charge in [0.05, 0.1) is 11.6 Å². The van der Waals surface area contributed by atoms with Crippen molar-refractivity contribution in [1.82, 2.24) is 4.98 Å². The first-order chi connectivity index (χ1) is 8.19. The molecule has 0 amide bonds. The molecule has 17 heavy (non-hydrogen) atoms. The summed E-state index contributed by atoms with van der Waals surface area (Å²) in [5, 5.41) is 0.962. The van der Waals surface area contributed by atoms with Gasteiger partial charge in [0.25, 0.3) is 0 Å². The minimum Gasteiger partial charge on any atom is -0.497 e. The molecular formula is C13H12BrNOS. The van der Waals surface area contributed by atoms with Crippen LogP contribution in [0.15, 0.2) is 50.9 Å². The predicted octanol–water partition coefficient (Wildman–Crippen LogP) is 4.31. The van der Waals surface area contributed by atoms with Gasteiger partial charge in [-0.1, -0.05) is 17.8 Å². The molecule has 0 spiro atoms. The van der Waals surface area contributed by atoms with Crippen LogP contribution in [0.25, 0.3) is 0 Å². The number of aryl methyl sites for hydroxylation is 1. The maximum atomic E-state index is 5.20. The number of halogens is 1. The van der Waals surface area contributed by atoms with E-state index in [-0.39, 0.29) is 0 Å². The molecule has 0 fully saturated rings. The molecule has 0 bridgehead atoms. The van der Waals surface area contributed by atoms with Crippen molar-refractivity contribution in [3.8, 4) is 5.75 Å². The molecule has 1 heterocycles. The molecule has 0 unspecified atom stereocenters. The van der Waals surface area contributed by atoms with Crippen LogP contribution in [0, 0.1) is 6.92 Å². The molecule has 2 rings (SSSR count). The van der Waals surface area contributed by atoms with Gasteiger partial charge in [0, 0.05) is 11.1 Å². The average molecular weight is 310 g/mol. The summed E-state index contributed by atoms with van der Waals surface area (Å²) in [6.07, 6.45) is 1.87. The van der Waals surface area contributed by atoms with Crippen LogP contribution in [0.5, 0.6) is 5.75 Å². The molecule has 0 aliphatic carbocycles. The molecule has 0 saturated heterocycles. The van der Waals surface area contributed by atoms with Crippen molar-refractivity contribution < 1.29 is 4.74 Å². The Morgan fingerprint density at radius 2 is 2.12 bits per heavy atom. The van der Waals surface area contributed by atoms with Crippen molar-refractivity contribution in [3.63, 3.8) is 0 Å². The maximum absolute atomic E-state index is 5.20. The van der Waals surface area contributed by atoms with Crippen molar-refractivity contribution in [3.05, 3.63) is 46.6 Å². The Balaban J connectivity index is 2.25. The van der Waals surface area contributed by atoms with E-state index in [1.54, 1.807) is 18.9 Å². The number of benzene rings is 1. The van der Waals surface area contributed by atoms with Gasteiger partial charge in [-0.2, -0.15) is 0 Å². The average Bonchev–Trinajstić information content (AvgIpc) is 2.33. The van der Waals surface area contributed by atoms with E-state index in [0.717, 1.165) is 25.7 Å². The summed E-state index contributed by atoms with van der Waals surface area (Å²) < 4.78 is 6.22. The molecule has 0 saturated carbocycles. The standard InChI is InChI=1S/C13H12BrNOS/c1-9-6-12(14)13(15-8-9)17-11-5-3-4-10(7-11)16-2/h3-8H,1-2H3. The zero-order valence-electron chi connectivity index (χ0n) is 9.61. The fourth-order valence-corrected chi connectivity index (χ4v) is 2.89. The van der Waals surface area contributed by atoms with E-state index < -0.39 is 0 Å². The minimum absolute atomic E-state index is 0.859. The summed E-state index contributed by atoms with van der Waals surface area (Å²) in [6, 6.07) is 10.0. The summed E-state index contributed by atoms with van der Waals surface area (Å²) in [7, 11) is 1.67. The molecular weight excluding hydrogens is 298 g/mol. The lowest BCUT2D eigenvalue weighted by Gasteiger charge is -2.05. The van der Waals surface area contributed by atoms with E-state index in [1.165, 1.54) is 0 Å². The SMILES string of the molecule is COc1cccc(Sc2ncc(C)cc2Br)c1. The Hall–Kier alpha value is -1.00. The van der Waals surface area contributed by atoms with Crippen LogP contribution in [-0.2, 0) is 0 Å². The van der Waals surface area contributed by atoms with Crippen molar-refractivity contribution in [2.45, 2.75) is 16.8 Å². The van der Waals surface area contributed by atoms with Gasteiger partial charge in [0.2, 0.25) is 0 Å². The number of hydrogen-bond acceptors (Lipinski definition) is 3. The van der Waals surface area contributed by atoms with Gasteiger partial charge in [-0.3, -0.25) is 0 Å². The van der Waals surface area contributed by atoms with E-state index in [0.29, 0.717) is 0 Å². The Morgan fingerprint density at radius 3 is 2.82 bits per heavy atom. The molecule has 0 aliphatic rings. The second kappa shape index (κ2) is 5.56. The number of ether oxygens (including phenoxy) is 1. The summed E-state index contributed by atoms with van der Waals surface area (Å²) in [6.45, 7) is 2.03. The van der Waals surface area contributed by atoms with Crippen LogP contribution in [0.3, 0.4) is 0 Å². The molecule has 2 aromatic rings. The fraction of sp³-hybridized carbons (Fsp3) is 0.154. The number of hydrogen-bond donors (Lipinski definition) is 0. The molecule has 0 aliphatic heterocycles. The van der Waals surface area contributed by atoms with Crippen molar-refractivity contribution >= 4 is 27.7 Å². The van der Waals surface area contributed by atoms with Crippen LogP contribution in [0.2, 0.25) is 0 Å². The van der Waals surface area contributed by atoms with Crippen molar-refractivity contribution in [2.75, 3.05) is 7.11 Å². The van der Waals surface area contributed by atoms with Crippen molar-refractivity contribution in [1.29, 1.82) is 0 Å². The number of nitrogens with zero attached hydrogens (tertiary/aromatic N) is 1. The Labute approximate surface area is 114 Å². The van der Waals surface area contributed by atoms with Crippen LogP contribution in [-0.4, -0.2) is 12.1 Å². The molecule has 1 aromatic carbocycles. The van der Waals surface area contributed by atoms with Gasteiger partial charge in [0.15, 0.2) is 0 Å². The molecule has 1 aromatic heterocycles. The third-order valence-corrected chi connectivity index (χ3v) is 4.08. The summed E-state index contributed by atoms with van der Waals surface area (Å²) in [4.78, 5) is 5.52. The summed E-state index contributed by atoms with van der Waals surface area (Å²) in [5.74, 6) is 0.859. The highest BCUT2D eigenvalue weighted by molar-refractivity contribution is 9.10. The van der Waals surface area contributed by atoms with Gasteiger partial charge in [-0.25, -0.2) is 4.98 Å². The third kappa shape index (κ3) is 3.23. The van der Waals surface area contributed by atoms with Crippen LogP contribution < -0.4 is 4.74 Å². The summed E-state index contributed by atoms with van der Waals surface area (Å²) >= 11 is 5.14. The molecule has 4 heteroatoms. The highest BCUT2D eigenvalue weighted by Gasteiger charge is 2.05. The zero-order valence-corrected chi connectivity index (χ0v) is 12.0. The number of aromatic nitrogens is 1. The first-order valence-corrected chi connectivity index (χ1v) is 6.74. The normalized spacial score (nSPS) is 10.3. The van der Waals surface area contributed by atoms with Gasteiger partial charge in [-0.05, 0) is 52.7 Å². The lowest BCUT2D eigenvalue weighted by Crippen LogP contribution is -1.85. The quantitative estimate of drug-likeness (QED) is 0.843. The van der Waals surface area contributed by atoms with Crippen LogP contribution in [0.1, 0.15) is 5.56 Å². The first-order valence-electron chi connectivity index (χ1n) is 5.13. The Kier molecular flexibility index (Phi) is 4.07. The zero-order chi connectivity index (χ0) is 12.3. The van der Waals surface area contributed by atoms with E-state index in [1.807, 2.05) is 37.4 Å². The van der Waals surface area contributed by atoms with E-state index in [4.69, 9.17) is 4.74 Å². The Bertz CT molecular complexity index is 531. The molecule has 2 nitrogen and oxygen atoms in total. The Morgan fingerprint density at radius 1 is 1.29 bits per heavy atom. The highest BCUT2D eigenvalue weighted by Crippen LogP contribution is 2.33. The van der Waals surface area contributed by atoms with Gasteiger partial charge in [-0.15, -0.1) is 0 Å². The third-order valence-electron chi connectivity index (χ3n) is 2.20. The highest BCUT2D eigenvalue weighted by atomic mass is 79.9. The maximum Gasteiger partial charge on any atom is 0.119 e. The van der Waals surface area contributed by atoms with Gasteiger partial charge in [0.1, 0.15) is 10.8 Å². The molecule has 0 radical (unpaired) electrons. The van der Waals surface area contributed by atoms with E-state index in [2.05, 4.69) is 27.0 Å². The van der Waals surface area contributed by atoms with Crippen LogP contribution >= 0.6 is 27.7 Å². The second-order valence-electron chi connectivity index (χ2n) is 3.58. The summed E-state index contributed by atoms with van der Waals surface area (Å²) in [5.41, 5.74) is 1.15. The topological polar surface area (TPSA) is 22.1 Å².